The van der Waals surface area contributed by atoms with Gasteiger partial charge in [0.2, 0.25) is 5.91 Å². The monoisotopic (exact) mass is 271 g/mol. The van der Waals surface area contributed by atoms with Gasteiger partial charge >= 0.3 is 0 Å². The summed E-state index contributed by atoms with van der Waals surface area (Å²) in [6.45, 7) is 13.9. The normalized spacial score (nSPS) is 13.9. The van der Waals surface area contributed by atoms with Crippen molar-refractivity contribution < 1.29 is 4.79 Å². The molecule has 19 heavy (non-hydrogen) atoms. The minimum atomic E-state index is -0.145. The van der Waals surface area contributed by atoms with Crippen molar-refractivity contribution in [3.8, 4) is 0 Å². The van der Waals surface area contributed by atoms with E-state index in [0.717, 1.165) is 25.8 Å². The van der Waals surface area contributed by atoms with Gasteiger partial charge in [0, 0.05) is 24.7 Å². The largest absolute Gasteiger partial charge is 0.350 e. The van der Waals surface area contributed by atoms with Gasteiger partial charge in [-0.2, -0.15) is 0 Å². The molecule has 0 saturated carbocycles. The second-order valence-corrected chi connectivity index (χ2v) is 5.90. The van der Waals surface area contributed by atoms with Crippen molar-refractivity contribution >= 4 is 5.91 Å². The van der Waals surface area contributed by atoms with Crippen LogP contribution in [0.3, 0.4) is 0 Å². The zero-order valence-corrected chi connectivity index (χ0v) is 13.6. The van der Waals surface area contributed by atoms with Crippen molar-refractivity contribution in [2.45, 2.75) is 78.4 Å². The predicted octanol–water partition coefficient (Wildman–Crippen LogP) is 2.13. The summed E-state index contributed by atoms with van der Waals surface area (Å²) >= 11 is 0. The fourth-order valence-corrected chi connectivity index (χ4v) is 2.28. The van der Waals surface area contributed by atoms with Gasteiger partial charge in [-0.15, -0.1) is 0 Å². The Morgan fingerprint density at radius 3 is 2.16 bits per heavy atom. The molecule has 0 rings (SSSR count). The topological polar surface area (TPSA) is 58.4 Å². The first-order valence-corrected chi connectivity index (χ1v) is 7.60. The molecule has 1 amide bonds. The molecule has 0 heterocycles. The maximum atomic E-state index is 12.4. The molecule has 0 fully saturated rings. The van der Waals surface area contributed by atoms with Crippen LogP contribution in [0, 0.1) is 0 Å². The number of nitrogens with zero attached hydrogens (tertiary/aromatic N) is 1. The standard InChI is InChI=1S/C15H33N3O/c1-7-13(8-2)18(11-10-16)12(4)14(19)17-15(5,6)9-3/h12-13H,7-11,16H2,1-6H3,(H,17,19). The maximum absolute atomic E-state index is 12.4. The summed E-state index contributed by atoms with van der Waals surface area (Å²) in [5, 5.41) is 3.13. The van der Waals surface area contributed by atoms with Gasteiger partial charge in [-0.1, -0.05) is 20.8 Å². The maximum Gasteiger partial charge on any atom is 0.237 e. The average molecular weight is 271 g/mol. The lowest BCUT2D eigenvalue weighted by Crippen LogP contribution is -2.55. The van der Waals surface area contributed by atoms with Gasteiger partial charge in [-0.25, -0.2) is 0 Å². The zero-order chi connectivity index (χ0) is 15.1. The van der Waals surface area contributed by atoms with Gasteiger partial charge in [-0.05, 0) is 40.0 Å². The van der Waals surface area contributed by atoms with E-state index in [1.807, 2.05) is 6.92 Å². The molecule has 0 aliphatic carbocycles. The predicted molar refractivity (Wildman–Crippen MR) is 82.1 cm³/mol. The number of hydrogen-bond donors (Lipinski definition) is 2. The van der Waals surface area contributed by atoms with E-state index in [4.69, 9.17) is 5.73 Å². The lowest BCUT2D eigenvalue weighted by Gasteiger charge is -2.36. The third-order valence-corrected chi connectivity index (χ3v) is 4.02. The van der Waals surface area contributed by atoms with Crippen molar-refractivity contribution in [1.82, 2.24) is 10.2 Å². The third-order valence-electron chi connectivity index (χ3n) is 4.02. The Balaban J connectivity index is 4.79. The number of nitrogens with two attached hydrogens (primary N) is 1. The fraction of sp³-hybridized carbons (Fsp3) is 0.933. The zero-order valence-electron chi connectivity index (χ0n) is 13.6. The molecule has 114 valence electrons. The highest BCUT2D eigenvalue weighted by Crippen LogP contribution is 2.14. The van der Waals surface area contributed by atoms with Crippen LogP contribution in [0.4, 0.5) is 0 Å². The smallest absolute Gasteiger partial charge is 0.237 e. The SMILES string of the molecule is CCC(CC)N(CCN)C(C)C(=O)NC(C)(C)CC. The molecule has 4 heteroatoms. The molecule has 0 aromatic carbocycles. The first kappa shape index (κ1) is 18.4. The molecule has 0 radical (unpaired) electrons. The molecule has 1 atom stereocenters. The summed E-state index contributed by atoms with van der Waals surface area (Å²) in [5.41, 5.74) is 5.55. The molecule has 4 nitrogen and oxygen atoms in total. The van der Waals surface area contributed by atoms with E-state index in [2.05, 4.69) is 44.8 Å². The minimum absolute atomic E-state index is 0.104. The Morgan fingerprint density at radius 2 is 1.79 bits per heavy atom. The van der Waals surface area contributed by atoms with Crippen LogP contribution in [-0.4, -0.2) is 41.5 Å². The van der Waals surface area contributed by atoms with Crippen LogP contribution in [0.5, 0.6) is 0 Å². The van der Waals surface area contributed by atoms with Gasteiger partial charge in [0.25, 0.3) is 0 Å². The quantitative estimate of drug-likeness (QED) is 0.675. The first-order chi connectivity index (χ1) is 8.82. The van der Waals surface area contributed by atoms with Gasteiger partial charge in [-0.3, -0.25) is 9.69 Å². The molecule has 1 unspecified atom stereocenters. The number of carbonyl (C=O) groups excluding carboxylic acids is 1. The van der Waals surface area contributed by atoms with E-state index in [1.165, 1.54) is 0 Å². The average Bonchev–Trinajstić information content (AvgIpc) is 2.37. The lowest BCUT2D eigenvalue weighted by molar-refractivity contribution is -0.128. The van der Waals surface area contributed by atoms with Gasteiger partial charge in [0.15, 0.2) is 0 Å². The summed E-state index contributed by atoms with van der Waals surface area (Å²) in [4.78, 5) is 14.6. The number of hydrogen-bond acceptors (Lipinski definition) is 3. The highest BCUT2D eigenvalue weighted by molar-refractivity contribution is 5.82. The molecular formula is C15H33N3O. The Bertz CT molecular complexity index is 262. The fourth-order valence-electron chi connectivity index (χ4n) is 2.28. The second kappa shape index (κ2) is 8.54. The van der Waals surface area contributed by atoms with Gasteiger partial charge in [0.05, 0.1) is 6.04 Å². The third kappa shape index (κ3) is 5.91. The Hall–Kier alpha value is -0.610. The van der Waals surface area contributed by atoms with Crippen LogP contribution in [0.1, 0.15) is 60.8 Å². The van der Waals surface area contributed by atoms with E-state index in [0.29, 0.717) is 12.6 Å². The summed E-state index contributed by atoms with van der Waals surface area (Å²) in [7, 11) is 0. The second-order valence-electron chi connectivity index (χ2n) is 5.90. The van der Waals surface area contributed by atoms with Crippen LogP contribution >= 0.6 is 0 Å². The van der Waals surface area contributed by atoms with Crippen molar-refractivity contribution in [2.24, 2.45) is 5.73 Å². The van der Waals surface area contributed by atoms with Gasteiger partial charge < -0.3 is 11.1 Å². The summed E-state index contributed by atoms with van der Waals surface area (Å²) in [6, 6.07) is 0.299. The minimum Gasteiger partial charge on any atom is -0.350 e. The number of carbonyl (C=O) groups is 1. The highest BCUT2D eigenvalue weighted by Gasteiger charge is 2.28. The molecule has 0 aliphatic rings. The number of nitrogens with one attached hydrogen (secondary N) is 1. The van der Waals surface area contributed by atoms with Gasteiger partial charge in [0.1, 0.15) is 0 Å². The molecule has 0 saturated heterocycles. The van der Waals surface area contributed by atoms with E-state index < -0.39 is 0 Å². The summed E-state index contributed by atoms with van der Waals surface area (Å²) in [5.74, 6) is 0.104. The lowest BCUT2D eigenvalue weighted by atomic mass is 10.0. The van der Waals surface area contributed by atoms with E-state index >= 15 is 0 Å². The first-order valence-electron chi connectivity index (χ1n) is 7.60. The number of rotatable bonds is 9. The highest BCUT2D eigenvalue weighted by atomic mass is 16.2. The molecule has 0 aromatic heterocycles. The van der Waals surface area contributed by atoms with Crippen LogP contribution in [0.15, 0.2) is 0 Å². The molecular weight excluding hydrogens is 238 g/mol. The van der Waals surface area contributed by atoms with E-state index in [1.54, 1.807) is 0 Å². The van der Waals surface area contributed by atoms with Crippen molar-refractivity contribution in [2.75, 3.05) is 13.1 Å². The van der Waals surface area contributed by atoms with Crippen molar-refractivity contribution in [3.63, 3.8) is 0 Å². The summed E-state index contributed by atoms with van der Waals surface area (Å²) in [6.07, 6.45) is 3.02. The molecule has 0 aromatic rings. The van der Waals surface area contributed by atoms with Crippen LogP contribution < -0.4 is 11.1 Å². The molecule has 3 N–H and O–H groups in total. The number of amides is 1. The molecule has 0 bridgehead atoms. The van der Waals surface area contributed by atoms with E-state index in [-0.39, 0.29) is 17.5 Å². The Labute approximate surface area is 119 Å². The Morgan fingerprint density at radius 1 is 1.26 bits per heavy atom. The Kier molecular flexibility index (Phi) is 8.26. The molecule has 0 aliphatic heterocycles. The van der Waals surface area contributed by atoms with Crippen LogP contribution in [-0.2, 0) is 4.79 Å². The van der Waals surface area contributed by atoms with Crippen LogP contribution in [0.2, 0.25) is 0 Å². The summed E-state index contributed by atoms with van der Waals surface area (Å²) < 4.78 is 0. The van der Waals surface area contributed by atoms with Crippen LogP contribution in [0.25, 0.3) is 0 Å². The molecule has 0 spiro atoms. The van der Waals surface area contributed by atoms with Crippen molar-refractivity contribution in [3.05, 3.63) is 0 Å². The van der Waals surface area contributed by atoms with Crippen molar-refractivity contribution in [1.29, 1.82) is 0 Å². The van der Waals surface area contributed by atoms with E-state index in [9.17, 15) is 4.79 Å².